The van der Waals surface area contributed by atoms with Gasteiger partial charge in [-0.25, -0.2) is 4.79 Å². The summed E-state index contributed by atoms with van der Waals surface area (Å²) in [6, 6.07) is 14.8. The van der Waals surface area contributed by atoms with Crippen LogP contribution in [0.5, 0.6) is 0 Å². The van der Waals surface area contributed by atoms with E-state index in [9.17, 15) is 14.4 Å². The molecular formula is C27H37N5O5. The largest absolute Gasteiger partial charge is 0.481 e. The molecule has 1 aromatic carbocycles. The third-order valence-electron chi connectivity index (χ3n) is 6.24. The number of aliphatic carboxylic acids is 2. The molecule has 2 aliphatic rings. The van der Waals surface area contributed by atoms with Crippen LogP contribution < -0.4 is 15.1 Å². The molecular weight excluding hydrogens is 474 g/mol. The molecule has 3 heterocycles. The summed E-state index contributed by atoms with van der Waals surface area (Å²) in [4.78, 5) is 43.3. The van der Waals surface area contributed by atoms with Crippen molar-refractivity contribution in [2.45, 2.75) is 45.7 Å². The number of fused-ring (bicyclic) bond motifs is 1. The highest BCUT2D eigenvalue weighted by atomic mass is 16.4. The van der Waals surface area contributed by atoms with Gasteiger partial charge in [0.05, 0.1) is 36.5 Å². The lowest BCUT2D eigenvalue weighted by Gasteiger charge is -2.39. The summed E-state index contributed by atoms with van der Waals surface area (Å²) in [5.41, 5.74) is 3.14. The molecule has 10 heteroatoms. The number of anilines is 2. The number of urea groups is 1. The molecule has 4 rings (SSSR count). The highest BCUT2D eigenvalue weighted by Crippen LogP contribution is 2.34. The fraction of sp³-hybridized carbons (Fsp3) is 0.481. The van der Waals surface area contributed by atoms with Gasteiger partial charge in [-0.15, -0.1) is 0 Å². The fourth-order valence-electron chi connectivity index (χ4n) is 4.36. The number of likely N-dealkylation sites (tertiary alicyclic amines) is 1. The Morgan fingerprint density at radius 3 is 2.27 bits per heavy atom. The lowest BCUT2D eigenvalue weighted by atomic mass is 10.1. The van der Waals surface area contributed by atoms with E-state index in [1.807, 2.05) is 40.3 Å². The molecule has 37 heavy (non-hydrogen) atoms. The van der Waals surface area contributed by atoms with E-state index < -0.39 is 11.9 Å². The molecule has 1 aromatic heterocycles. The van der Waals surface area contributed by atoms with Gasteiger partial charge in [0, 0.05) is 38.4 Å². The molecule has 0 unspecified atom stereocenters. The molecule has 3 N–H and O–H groups in total. The Labute approximate surface area is 217 Å². The minimum Gasteiger partial charge on any atom is -0.481 e. The molecule has 1 fully saturated rings. The van der Waals surface area contributed by atoms with Crippen molar-refractivity contribution in [2.24, 2.45) is 5.92 Å². The van der Waals surface area contributed by atoms with E-state index in [1.165, 1.54) is 0 Å². The molecule has 1 atom stereocenters. The van der Waals surface area contributed by atoms with Gasteiger partial charge >= 0.3 is 18.0 Å². The summed E-state index contributed by atoms with van der Waals surface area (Å²) < 4.78 is 0. The number of nitrogens with zero attached hydrogens (tertiary/aromatic N) is 4. The Balaban J connectivity index is 0.000000414. The van der Waals surface area contributed by atoms with Crippen molar-refractivity contribution in [3.63, 3.8) is 0 Å². The van der Waals surface area contributed by atoms with Gasteiger partial charge in [0.15, 0.2) is 0 Å². The Kier molecular flexibility index (Phi) is 10.3. The van der Waals surface area contributed by atoms with Crippen LogP contribution in [-0.2, 0) is 16.1 Å². The van der Waals surface area contributed by atoms with Crippen LogP contribution in [0.3, 0.4) is 0 Å². The quantitative estimate of drug-likeness (QED) is 0.493. The van der Waals surface area contributed by atoms with Crippen LogP contribution in [0.25, 0.3) is 0 Å². The maximum Gasteiger partial charge on any atom is 0.324 e. The van der Waals surface area contributed by atoms with Crippen LogP contribution in [0.1, 0.15) is 38.8 Å². The van der Waals surface area contributed by atoms with Crippen molar-refractivity contribution >= 4 is 29.3 Å². The van der Waals surface area contributed by atoms with E-state index >= 15 is 0 Å². The third-order valence-corrected chi connectivity index (χ3v) is 6.24. The first kappa shape index (κ1) is 27.9. The fourth-order valence-corrected chi connectivity index (χ4v) is 4.36. The number of carbonyl (C=O) groups excluding carboxylic acids is 1. The Hall–Kier alpha value is -3.66. The highest BCUT2D eigenvalue weighted by molar-refractivity contribution is 5.97. The predicted octanol–water partition coefficient (Wildman–Crippen LogP) is 3.28. The van der Waals surface area contributed by atoms with E-state index in [-0.39, 0.29) is 18.9 Å². The van der Waals surface area contributed by atoms with Crippen LogP contribution in [0.2, 0.25) is 0 Å². The van der Waals surface area contributed by atoms with Crippen molar-refractivity contribution in [3.05, 3.63) is 54.4 Å². The van der Waals surface area contributed by atoms with Crippen LogP contribution in [0.15, 0.2) is 48.7 Å². The van der Waals surface area contributed by atoms with E-state index in [0.717, 1.165) is 56.2 Å². The first-order chi connectivity index (χ1) is 17.7. The lowest BCUT2D eigenvalue weighted by molar-refractivity contribution is -0.143. The Morgan fingerprint density at radius 1 is 0.973 bits per heavy atom. The van der Waals surface area contributed by atoms with Gasteiger partial charge in [0.25, 0.3) is 0 Å². The monoisotopic (exact) mass is 511 g/mol. The minimum atomic E-state index is -1.08. The Morgan fingerprint density at radius 2 is 1.65 bits per heavy atom. The van der Waals surface area contributed by atoms with E-state index in [1.54, 1.807) is 0 Å². The van der Waals surface area contributed by atoms with E-state index in [4.69, 9.17) is 10.2 Å². The molecule has 0 saturated carbocycles. The smallest absolute Gasteiger partial charge is 0.324 e. The van der Waals surface area contributed by atoms with Crippen molar-refractivity contribution in [1.82, 2.24) is 15.2 Å². The molecule has 200 valence electrons. The van der Waals surface area contributed by atoms with E-state index in [2.05, 4.69) is 47.2 Å². The number of hydrogen-bond acceptors (Lipinski definition) is 6. The zero-order valence-electron chi connectivity index (χ0n) is 21.5. The second kappa shape index (κ2) is 13.6. The standard InChI is InChI=1S/C23H31N5O.C4H6O4/c1-18(2)15-25-20-10-12-27(17-20)23(29)28-14-13-26(16-19-7-5-6-11-24-19)21-8-3-4-9-22(21)28;5-3(6)1-2-4(7)8/h3-9,11,18,20,25H,10,12-17H2,1-2H3;1-2H2,(H,5,6)(H,7,8)/t20-;/m0./s1. The first-order valence-electron chi connectivity index (χ1n) is 12.7. The van der Waals surface area contributed by atoms with Crippen molar-refractivity contribution in [3.8, 4) is 0 Å². The van der Waals surface area contributed by atoms with Crippen molar-refractivity contribution in [1.29, 1.82) is 0 Å². The first-order valence-corrected chi connectivity index (χ1v) is 12.7. The van der Waals surface area contributed by atoms with Crippen LogP contribution in [0.4, 0.5) is 16.2 Å². The summed E-state index contributed by atoms with van der Waals surface area (Å²) >= 11 is 0. The van der Waals surface area contributed by atoms with Crippen LogP contribution in [-0.4, -0.2) is 76.8 Å². The molecule has 0 spiro atoms. The summed E-state index contributed by atoms with van der Waals surface area (Å²) in [7, 11) is 0. The third kappa shape index (κ3) is 8.45. The van der Waals surface area contributed by atoms with Gasteiger partial charge in [-0.2, -0.15) is 0 Å². The number of pyridine rings is 1. The minimum absolute atomic E-state index is 0.129. The molecule has 10 nitrogen and oxygen atoms in total. The van der Waals surface area contributed by atoms with Crippen molar-refractivity contribution < 1.29 is 24.6 Å². The number of hydrogen-bond donors (Lipinski definition) is 3. The van der Waals surface area contributed by atoms with Gasteiger partial charge < -0.3 is 25.3 Å². The lowest BCUT2D eigenvalue weighted by Crippen LogP contribution is -2.49. The topological polar surface area (TPSA) is 126 Å². The molecule has 2 aromatic rings. The average molecular weight is 512 g/mol. The van der Waals surface area contributed by atoms with Crippen LogP contribution >= 0.6 is 0 Å². The summed E-state index contributed by atoms with van der Waals surface area (Å²) in [6.45, 7) is 9.31. The number of para-hydroxylation sites is 2. The van der Waals surface area contributed by atoms with Gasteiger partial charge in [0.1, 0.15) is 0 Å². The number of amides is 2. The molecule has 0 bridgehead atoms. The number of carboxylic acid groups (broad SMARTS) is 2. The van der Waals surface area contributed by atoms with Crippen molar-refractivity contribution in [2.75, 3.05) is 42.5 Å². The summed E-state index contributed by atoms with van der Waals surface area (Å²) in [6.07, 6.45) is 2.27. The second-order valence-corrected chi connectivity index (χ2v) is 9.69. The predicted molar refractivity (Wildman–Crippen MR) is 142 cm³/mol. The maximum atomic E-state index is 13.3. The number of carboxylic acids is 2. The number of rotatable bonds is 8. The van der Waals surface area contributed by atoms with Gasteiger partial charge in [-0.3, -0.25) is 19.5 Å². The maximum absolute atomic E-state index is 13.3. The van der Waals surface area contributed by atoms with Gasteiger partial charge in [-0.05, 0) is 43.1 Å². The number of benzene rings is 1. The second-order valence-electron chi connectivity index (χ2n) is 9.69. The molecule has 1 saturated heterocycles. The molecule has 0 radical (unpaired) electrons. The van der Waals surface area contributed by atoms with Crippen LogP contribution in [0, 0.1) is 5.92 Å². The number of aromatic nitrogens is 1. The molecule has 2 aliphatic heterocycles. The number of nitrogens with one attached hydrogen (secondary N) is 1. The Bertz CT molecular complexity index is 1030. The zero-order chi connectivity index (χ0) is 26.8. The zero-order valence-corrected chi connectivity index (χ0v) is 21.5. The summed E-state index contributed by atoms with van der Waals surface area (Å²) in [5.74, 6) is -1.53. The van der Waals surface area contributed by atoms with E-state index in [0.29, 0.717) is 18.5 Å². The highest BCUT2D eigenvalue weighted by Gasteiger charge is 2.33. The molecule has 2 amide bonds. The summed E-state index contributed by atoms with van der Waals surface area (Å²) in [5, 5.41) is 19.4. The number of carbonyl (C=O) groups is 3. The SMILES string of the molecule is CC(C)CN[C@H]1CCN(C(=O)N2CCN(Cc3ccccn3)c3ccccc32)C1.O=C(O)CCC(=O)O. The van der Waals surface area contributed by atoms with Gasteiger partial charge in [-0.1, -0.05) is 32.0 Å². The van der Waals surface area contributed by atoms with Gasteiger partial charge in [0.2, 0.25) is 0 Å². The molecule has 0 aliphatic carbocycles. The average Bonchev–Trinajstić information content (AvgIpc) is 3.36. The normalized spacial score (nSPS) is 16.7.